The lowest BCUT2D eigenvalue weighted by Crippen LogP contribution is -2.18. The fourth-order valence-corrected chi connectivity index (χ4v) is 2.52. The molecule has 116 valence electrons. The van der Waals surface area contributed by atoms with Gasteiger partial charge in [0.1, 0.15) is 0 Å². The predicted octanol–water partition coefficient (Wildman–Crippen LogP) is 2.83. The Labute approximate surface area is 129 Å². The zero-order valence-electron chi connectivity index (χ0n) is 13.2. The number of carboxylic acid groups (broad SMARTS) is 1. The van der Waals surface area contributed by atoms with Gasteiger partial charge in [0.2, 0.25) is 5.91 Å². The van der Waals surface area contributed by atoms with E-state index in [2.05, 4.69) is 5.32 Å². The molecule has 0 fully saturated rings. The van der Waals surface area contributed by atoms with Crippen molar-refractivity contribution in [2.24, 2.45) is 7.05 Å². The molecular formula is C17H20N2O3. The van der Waals surface area contributed by atoms with Gasteiger partial charge in [-0.05, 0) is 49.6 Å². The molecule has 1 heterocycles. The Morgan fingerprint density at radius 2 is 1.82 bits per heavy atom. The molecule has 22 heavy (non-hydrogen) atoms. The van der Waals surface area contributed by atoms with Gasteiger partial charge in [0.05, 0.1) is 12.0 Å². The van der Waals surface area contributed by atoms with Crippen LogP contribution in [0, 0.1) is 20.8 Å². The van der Waals surface area contributed by atoms with Crippen molar-refractivity contribution in [1.29, 1.82) is 0 Å². The second-order valence-corrected chi connectivity index (χ2v) is 5.57. The first-order valence-corrected chi connectivity index (χ1v) is 7.04. The third-order valence-electron chi connectivity index (χ3n) is 3.83. The fourth-order valence-electron chi connectivity index (χ4n) is 2.52. The van der Waals surface area contributed by atoms with Crippen LogP contribution < -0.4 is 5.32 Å². The number of carboxylic acids is 1. The van der Waals surface area contributed by atoms with Crippen molar-refractivity contribution < 1.29 is 14.7 Å². The molecule has 0 atom stereocenters. The summed E-state index contributed by atoms with van der Waals surface area (Å²) >= 11 is 0. The molecule has 0 unspecified atom stereocenters. The highest BCUT2D eigenvalue weighted by Gasteiger charge is 2.20. The Kier molecular flexibility index (Phi) is 4.35. The summed E-state index contributed by atoms with van der Waals surface area (Å²) in [5.74, 6) is -1.24. The Bertz CT molecular complexity index is 745. The SMILES string of the molecule is Cc1ccc(NC(=O)Cc2c(C(=O)O)c(C)cn2C)cc1C. The first-order valence-electron chi connectivity index (χ1n) is 7.04. The molecule has 1 aromatic heterocycles. The first-order chi connectivity index (χ1) is 10.3. The van der Waals surface area contributed by atoms with Gasteiger partial charge in [0.15, 0.2) is 0 Å². The highest BCUT2D eigenvalue weighted by Crippen LogP contribution is 2.18. The van der Waals surface area contributed by atoms with Crippen molar-refractivity contribution >= 4 is 17.6 Å². The minimum absolute atomic E-state index is 0.0267. The van der Waals surface area contributed by atoms with Crippen LogP contribution in [0.3, 0.4) is 0 Å². The van der Waals surface area contributed by atoms with E-state index in [0.29, 0.717) is 11.3 Å². The van der Waals surface area contributed by atoms with Crippen molar-refractivity contribution in [3.63, 3.8) is 0 Å². The van der Waals surface area contributed by atoms with Crippen LogP contribution in [0.15, 0.2) is 24.4 Å². The maximum absolute atomic E-state index is 12.2. The number of rotatable bonds is 4. The van der Waals surface area contributed by atoms with Gasteiger partial charge in [-0.3, -0.25) is 4.79 Å². The number of aromatic carboxylic acids is 1. The van der Waals surface area contributed by atoms with Crippen molar-refractivity contribution in [1.82, 2.24) is 4.57 Å². The minimum atomic E-state index is -1.01. The molecule has 0 radical (unpaired) electrons. The number of nitrogens with zero attached hydrogens (tertiary/aromatic N) is 1. The topological polar surface area (TPSA) is 71.3 Å². The summed E-state index contributed by atoms with van der Waals surface area (Å²) in [5, 5.41) is 12.1. The number of amides is 1. The molecule has 0 aliphatic heterocycles. The van der Waals surface area contributed by atoms with Crippen LogP contribution in [-0.4, -0.2) is 21.6 Å². The lowest BCUT2D eigenvalue weighted by atomic mass is 10.1. The highest BCUT2D eigenvalue weighted by atomic mass is 16.4. The van der Waals surface area contributed by atoms with Gasteiger partial charge in [-0.2, -0.15) is 0 Å². The van der Waals surface area contributed by atoms with E-state index >= 15 is 0 Å². The number of aryl methyl sites for hydroxylation is 4. The number of carbonyl (C=O) groups excluding carboxylic acids is 1. The van der Waals surface area contributed by atoms with Gasteiger partial charge in [0, 0.05) is 24.6 Å². The molecule has 5 nitrogen and oxygen atoms in total. The maximum Gasteiger partial charge on any atom is 0.337 e. The van der Waals surface area contributed by atoms with Gasteiger partial charge in [-0.1, -0.05) is 6.07 Å². The van der Waals surface area contributed by atoms with Crippen LogP contribution >= 0.6 is 0 Å². The zero-order chi connectivity index (χ0) is 16.4. The first kappa shape index (κ1) is 15.8. The summed E-state index contributed by atoms with van der Waals surface area (Å²) in [4.78, 5) is 23.5. The second-order valence-electron chi connectivity index (χ2n) is 5.57. The number of hydrogen-bond donors (Lipinski definition) is 2. The van der Waals surface area contributed by atoms with E-state index in [4.69, 9.17) is 0 Å². The number of aromatic nitrogens is 1. The number of hydrogen-bond acceptors (Lipinski definition) is 2. The molecule has 2 aromatic rings. The second kappa shape index (κ2) is 6.05. The van der Waals surface area contributed by atoms with E-state index in [-0.39, 0.29) is 17.9 Å². The molecule has 1 aromatic carbocycles. The average Bonchev–Trinajstić information content (AvgIpc) is 2.68. The molecular weight excluding hydrogens is 280 g/mol. The van der Waals surface area contributed by atoms with E-state index < -0.39 is 5.97 Å². The molecule has 0 saturated heterocycles. The van der Waals surface area contributed by atoms with E-state index in [0.717, 1.165) is 16.8 Å². The Hall–Kier alpha value is -2.56. The molecule has 5 heteroatoms. The quantitative estimate of drug-likeness (QED) is 0.912. The predicted molar refractivity (Wildman–Crippen MR) is 85.4 cm³/mol. The zero-order valence-corrected chi connectivity index (χ0v) is 13.2. The van der Waals surface area contributed by atoms with Crippen molar-refractivity contribution in [2.45, 2.75) is 27.2 Å². The maximum atomic E-state index is 12.2. The Balaban J connectivity index is 2.19. The van der Waals surface area contributed by atoms with E-state index in [1.54, 1.807) is 24.7 Å². The summed E-state index contributed by atoms with van der Waals surface area (Å²) in [7, 11) is 1.75. The number of anilines is 1. The summed E-state index contributed by atoms with van der Waals surface area (Å²) in [6.07, 6.45) is 1.75. The molecule has 0 aliphatic carbocycles. The monoisotopic (exact) mass is 300 g/mol. The van der Waals surface area contributed by atoms with Crippen molar-refractivity contribution in [3.8, 4) is 0 Å². The number of carbonyl (C=O) groups is 2. The minimum Gasteiger partial charge on any atom is -0.478 e. The van der Waals surface area contributed by atoms with Crippen LogP contribution in [0.4, 0.5) is 5.69 Å². The average molecular weight is 300 g/mol. The van der Waals surface area contributed by atoms with Gasteiger partial charge < -0.3 is 15.0 Å². The standard InChI is InChI=1S/C17H20N2O3/c1-10-5-6-13(7-11(10)2)18-15(20)8-14-16(17(21)22)12(3)9-19(14)4/h5-7,9H,8H2,1-4H3,(H,18,20)(H,21,22). The molecule has 0 saturated carbocycles. The Morgan fingerprint density at radius 3 is 2.41 bits per heavy atom. The van der Waals surface area contributed by atoms with Gasteiger partial charge in [-0.15, -0.1) is 0 Å². The van der Waals surface area contributed by atoms with Crippen molar-refractivity contribution in [2.75, 3.05) is 5.32 Å². The highest BCUT2D eigenvalue weighted by molar-refractivity contribution is 5.96. The molecule has 2 N–H and O–H groups in total. The molecule has 0 bridgehead atoms. The van der Waals surface area contributed by atoms with Crippen LogP contribution in [-0.2, 0) is 18.3 Å². The summed E-state index contributed by atoms with van der Waals surface area (Å²) in [6.45, 7) is 5.72. The lowest BCUT2D eigenvalue weighted by molar-refractivity contribution is -0.115. The smallest absolute Gasteiger partial charge is 0.337 e. The molecule has 2 rings (SSSR count). The lowest BCUT2D eigenvalue weighted by Gasteiger charge is -2.09. The van der Waals surface area contributed by atoms with Crippen LogP contribution in [0.5, 0.6) is 0 Å². The molecule has 0 aliphatic rings. The van der Waals surface area contributed by atoms with Crippen LogP contribution in [0.1, 0.15) is 32.7 Å². The Morgan fingerprint density at radius 1 is 1.14 bits per heavy atom. The normalized spacial score (nSPS) is 10.5. The molecule has 0 spiro atoms. The van der Waals surface area contributed by atoms with Gasteiger partial charge in [-0.25, -0.2) is 4.79 Å². The van der Waals surface area contributed by atoms with E-state index in [9.17, 15) is 14.7 Å². The molecule has 1 amide bonds. The summed E-state index contributed by atoms with van der Waals surface area (Å²) in [5.41, 5.74) is 4.34. The van der Waals surface area contributed by atoms with Gasteiger partial charge in [0.25, 0.3) is 0 Å². The largest absolute Gasteiger partial charge is 0.478 e. The van der Waals surface area contributed by atoms with E-state index in [1.165, 1.54) is 0 Å². The number of benzene rings is 1. The number of nitrogens with one attached hydrogen (secondary N) is 1. The van der Waals surface area contributed by atoms with E-state index in [1.807, 2.05) is 32.0 Å². The fraction of sp³-hybridized carbons (Fsp3) is 0.294. The van der Waals surface area contributed by atoms with Crippen LogP contribution in [0.2, 0.25) is 0 Å². The summed E-state index contributed by atoms with van der Waals surface area (Å²) in [6, 6.07) is 5.69. The van der Waals surface area contributed by atoms with Crippen molar-refractivity contribution in [3.05, 3.63) is 52.3 Å². The van der Waals surface area contributed by atoms with Crippen LogP contribution in [0.25, 0.3) is 0 Å². The third kappa shape index (κ3) is 3.19. The summed E-state index contributed by atoms with van der Waals surface area (Å²) < 4.78 is 1.69. The third-order valence-corrected chi connectivity index (χ3v) is 3.83. The van der Waals surface area contributed by atoms with Gasteiger partial charge >= 0.3 is 5.97 Å².